The van der Waals surface area contributed by atoms with E-state index in [0.29, 0.717) is 11.1 Å². The van der Waals surface area contributed by atoms with Crippen LogP contribution in [0.4, 0.5) is 16.2 Å². The van der Waals surface area contributed by atoms with Crippen LogP contribution in [-0.2, 0) is 0 Å². The van der Waals surface area contributed by atoms with Crippen LogP contribution in [0.25, 0.3) is 0 Å². The molecule has 184 valence electrons. The van der Waals surface area contributed by atoms with Gasteiger partial charge in [-0.15, -0.1) is 0 Å². The summed E-state index contributed by atoms with van der Waals surface area (Å²) in [5.74, 6) is -0.435. The minimum absolute atomic E-state index is 0.0282. The van der Waals surface area contributed by atoms with Crippen LogP contribution in [0, 0.1) is 0 Å². The number of fused-ring (bicyclic) bond motifs is 1. The summed E-state index contributed by atoms with van der Waals surface area (Å²) in [4.78, 5) is 40.2. The molecule has 5 rings (SSSR count). The lowest BCUT2D eigenvalue weighted by Gasteiger charge is -2.50. The molecule has 4 N–H and O–H groups in total. The maximum Gasteiger partial charge on any atom is 0.333 e. The molecule has 0 unspecified atom stereocenters. The van der Waals surface area contributed by atoms with E-state index in [1.807, 2.05) is 29.2 Å². The van der Waals surface area contributed by atoms with Gasteiger partial charge in [-0.1, -0.05) is 37.8 Å². The minimum atomic E-state index is -0.466. The van der Waals surface area contributed by atoms with Gasteiger partial charge in [0.15, 0.2) is 0 Å². The summed E-state index contributed by atoms with van der Waals surface area (Å²) < 4.78 is 0. The van der Waals surface area contributed by atoms with Gasteiger partial charge in [-0.3, -0.25) is 19.9 Å². The van der Waals surface area contributed by atoms with Gasteiger partial charge in [0.05, 0.1) is 5.56 Å². The van der Waals surface area contributed by atoms with E-state index in [1.165, 1.54) is 6.42 Å². The Bertz CT molecular complexity index is 1090. The predicted octanol–water partition coefficient (Wildman–Crippen LogP) is 4.70. The highest BCUT2D eigenvalue weighted by Crippen LogP contribution is 2.42. The van der Waals surface area contributed by atoms with E-state index in [0.717, 1.165) is 69.2 Å². The van der Waals surface area contributed by atoms with E-state index < -0.39 is 17.6 Å². The Labute approximate surface area is 205 Å². The van der Waals surface area contributed by atoms with Crippen molar-refractivity contribution in [2.75, 3.05) is 10.2 Å². The second-order valence-electron chi connectivity index (χ2n) is 9.84. The van der Waals surface area contributed by atoms with Crippen molar-refractivity contribution < 1.29 is 14.4 Å². The van der Waals surface area contributed by atoms with E-state index >= 15 is 0 Å². The molecule has 8 nitrogen and oxygen atoms in total. The lowest BCUT2D eigenvalue weighted by molar-refractivity contribution is 0.0931. The SMILES string of the molecule is O=C(NNC(=O)c1ccc(N2C(=O)c3ccccc3NC23CCCCC3)cc1)NC1CCCCC1. The summed E-state index contributed by atoms with van der Waals surface area (Å²) in [5, 5.41) is 6.57. The molecule has 1 spiro atoms. The molecule has 0 aromatic heterocycles. The topological polar surface area (TPSA) is 103 Å². The standard InChI is InChI=1S/C27H33N5O3/c33-24(30-31-26(35)28-20-9-3-1-4-10-20)19-13-15-21(16-14-19)32-25(34)22-11-5-6-12-23(22)29-27(32)17-7-2-8-18-27/h5-6,11-16,20,29H,1-4,7-10,17-18H2,(H,30,33)(H2,28,31,35). The first-order chi connectivity index (χ1) is 17.1. The highest BCUT2D eigenvalue weighted by atomic mass is 16.2. The summed E-state index contributed by atoms with van der Waals surface area (Å²) >= 11 is 0. The molecule has 4 amide bonds. The fraction of sp³-hybridized carbons (Fsp3) is 0.444. The van der Waals surface area contributed by atoms with Crippen molar-refractivity contribution in [1.82, 2.24) is 16.2 Å². The van der Waals surface area contributed by atoms with Gasteiger partial charge in [-0.05, 0) is 74.9 Å². The number of nitrogens with zero attached hydrogens (tertiary/aromatic N) is 1. The van der Waals surface area contributed by atoms with Gasteiger partial charge in [-0.25, -0.2) is 10.2 Å². The molecule has 1 aliphatic heterocycles. The van der Waals surface area contributed by atoms with E-state index in [4.69, 9.17) is 0 Å². The summed E-state index contributed by atoms with van der Waals surface area (Å²) in [5.41, 5.74) is 7.14. The third kappa shape index (κ3) is 4.83. The average molecular weight is 476 g/mol. The number of urea groups is 1. The van der Waals surface area contributed by atoms with Crippen molar-refractivity contribution >= 4 is 29.2 Å². The van der Waals surface area contributed by atoms with Gasteiger partial charge in [0, 0.05) is 23.0 Å². The molecule has 8 heteroatoms. The number of benzene rings is 2. The Kier molecular flexibility index (Phi) is 6.61. The largest absolute Gasteiger partial charge is 0.362 e. The molecule has 2 aromatic carbocycles. The molecule has 3 aliphatic rings. The Hall–Kier alpha value is -3.55. The maximum absolute atomic E-state index is 13.6. The summed E-state index contributed by atoms with van der Waals surface area (Å²) in [6, 6.07) is 14.4. The Balaban J connectivity index is 1.28. The van der Waals surface area contributed by atoms with Crippen LogP contribution < -0.4 is 26.4 Å². The molecule has 0 saturated heterocycles. The van der Waals surface area contributed by atoms with Crippen molar-refractivity contribution in [1.29, 1.82) is 0 Å². The fourth-order valence-electron chi connectivity index (χ4n) is 5.67. The Morgan fingerprint density at radius 2 is 1.54 bits per heavy atom. The number of carbonyl (C=O) groups excluding carboxylic acids is 3. The normalized spacial score (nSPS) is 19.4. The zero-order valence-corrected chi connectivity index (χ0v) is 19.9. The molecule has 2 saturated carbocycles. The maximum atomic E-state index is 13.6. The van der Waals surface area contributed by atoms with Crippen LogP contribution in [0.2, 0.25) is 0 Å². The molecule has 2 fully saturated rings. The zero-order chi connectivity index (χ0) is 24.3. The molecule has 0 atom stereocenters. The zero-order valence-electron chi connectivity index (χ0n) is 19.9. The first-order valence-corrected chi connectivity index (χ1v) is 12.7. The molecule has 0 bridgehead atoms. The fourth-order valence-corrected chi connectivity index (χ4v) is 5.67. The minimum Gasteiger partial charge on any atom is -0.362 e. The number of hydrazine groups is 1. The summed E-state index contributed by atoms with van der Waals surface area (Å²) in [6.45, 7) is 0. The second-order valence-corrected chi connectivity index (χ2v) is 9.84. The van der Waals surface area contributed by atoms with Crippen LogP contribution in [0.15, 0.2) is 48.5 Å². The molecular weight excluding hydrogens is 442 g/mol. The average Bonchev–Trinajstić information content (AvgIpc) is 2.89. The highest BCUT2D eigenvalue weighted by Gasteiger charge is 2.45. The summed E-state index contributed by atoms with van der Waals surface area (Å²) in [6.07, 6.45) is 10.4. The number of rotatable bonds is 3. The molecule has 2 aromatic rings. The first kappa shape index (κ1) is 23.2. The van der Waals surface area contributed by atoms with Crippen molar-refractivity contribution in [2.45, 2.75) is 75.9 Å². The Morgan fingerprint density at radius 1 is 0.857 bits per heavy atom. The van der Waals surface area contributed by atoms with E-state index in [9.17, 15) is 14.4 Å². The smallest absolute Gasteiger partial charge is 0.333 e. The highest BCUT2D eigenvalue weighted by molar-refractivity contribution is 6.13. The van der Waals surface area contributed by atoms with Gasteiger partial charge in [0.25, 0.3) is 11.8 Å². The second kappa shape index (κ2) is 9.98. The number of hydrogen-bond donors (Lipinski definition) is 4. The number of nitrogens with one attached hydrogen (secondary N) is 4. The lowest BCUT2D eigenvalue weighted by Crippen LogP contribution is -2.61. The van der Waals surface area contributed by atoms with Gasteiger partial charge < -0.3 is 10.6 Å². The molecule has 1 heterocycles. The van der Waals surface area contributed by atoms with Crippen molar-refractivity contribution in [2.24, 2.45) is 0 Å². The number of para-hydroxylation sites is 1. The third-order valence-electron chi connectivity index (χ3n) is 7.45. The number of hydrogen-bond acceptors (Lipinski definition) is 4. The molecule has 0 radical (unpaired) electrons. The molecular formula is C27H33N5O3. The van der Waals surface area contributed by atoms with Crippen molar-refractivity contribution in [3.8, 4) is 0 Å². The van der Waals surface area contributed by atoms with Gasteiger partial charge in [-0.2, -0.15) is 0 Å². The van der Waals surface area contributed by atoms with Crippen LogP contribution in [0.1, 0.15) is 84.9 Å². The van der Waals surface area contributed by atoms with E-state index in [2.05, 4.69) is 21.5 Å². The monoisotopic (exact) mass is 475 g/mol. The van der Waals surface area contributed by atoms with Gasteiger partial charge in [0.2, 0.25) is 0 Å². The first-order valence-electron chi connectivity index (χ1n) is 12.7. The molecule has 2 aliphatic carbocycles. The predicted molar refractivity (Wildman–Crippen MR) is 135 cm³/mol. The van der Waals surface area contributed by atoms with Gasteiger partial charge >= 0.3 is 6.03 Å². The van der Waals surface area contributed by atoms with Crippen LogP contribution in [-0.4, -0.2) is 29.6 Å². The van der Waals surface area contributed by atoms with Gasteiger partial charge in [0.1, 0.15) is 5.66 Å². The van der Waals surface area contributed by atoms with Crippen LogP contribution >= 0.6 is 0 Å². The van der Waals surface area contributed by atoms with E-state index in [-0.39, 0.29) is 11.9 Å². The number of carbonyl (C=O) groups is 3. The number of amides is 4. The van der Waals surface area contributed by atoms with Crippen molar-refractivity contribution in [3.05, 3.63) is 59.7 Å². The summed E-state index contributed by atoms with van der Waals surface area (Å²) in [7, 11) is 0. The van der Waals surface area contributed by atoms with Crippen molar-refractivity contribution in [3.63, 3.8) is 0 Å². The van der Waals surface area contributed by atoms with E-state index in [1.54, 1.807) is 24.3 Å². The molecule has 35 heavy (non-hydrogen) atoms. The third-order valence-corrected chi connectivity index (χ3v) is 7.45. The Morgan fingerprint density at radius 3 is 2.29 bits per heavy atom. The quantitative estimate of drug-likeness (QED) is 0.484. The van der Waals surface area contributed by atoms with Crippen LogP contribution in [0.5, 0.6) is 0 Å². The lowest BCUT2D eigenvalue weighted by atomic mass is 9.84. The van der Waals surface area contributed by atoms with Crippen LogP contribution in [0.3, 0.4) is 0 Å². The number of anilines is 2.